The molecular weight excluding hydrogens is 1430 g/mol. The Morgan fingerprint density at radius 1 is 0.315 bits per heavy atom. The molecule has 111 heavy (non-hydrogen) atoms. The molecule has 0 N–H and O–H groups in total. The van der Waals surface area contributed by atoms with Gasteiger partial charge in [0.25, 0.3) is 0 Å². The third-order valence-corrected chi connectivity index (χ3v) is 17.7. The first-order valence-corrected chi connectivity index (χ1v) is 34.7. The van der Waals surface area contributed by atoms with Gasteiger partial charge in [0.2, 0.25) is 36.0 Å². The summed E-state index contributed by atoms with van der Waals surface area (Å²) >= 11 is 0. The minimum absolute atomic E-state index is 0.0315. The number of hydrogen-bond acceptors (Lipinski definition) is 25. The summed E-state index contributed by atoms with van der Waals surface area (Å²) < 4.78 is 100. The fraction of sp³-hybridized carbons (Fsp3) is 0.174. The molecule has 1 aromatic heterocycles. The summed E-state index contributed by atoms with van der Waals surface area (Å²) in [5, 5.41) is -0.174. The minimum Gasteiger partial charge on any atom is -0.496 e. The smallest absolute Gasteiger partial charge is 0.338 e. The topological polar surface area (TPSA) is 305 Å². The van der Waals surface area contributed by atoms with E-state index in [1.807, 2.05) is 0 Å². The molecule has 3 heterocycles. The van der Waals surface area contributed by atoms with E-state index in [4.69, 9.17) is 75.5 Å². The lowest BCUT2D eigenvalue weighted by molar-refractivity contribution is -0.275. The van der Waals surface area contributed by atoms with Crippen molar-refractivity contribution in [1.29, 1.82) is 0 Å². The van der Waals surface area contributed by atoms with Crippen LogP contribution in [0.1, 0.15) is 82.9 Å². The first-order valence-electron chi connectivity index (χ1n) is 34.7. The lowest BCUT2D eigenvalue weighted by atomic mass is 9.97. The molecule has 562 valence electrons. The zero-order valence-electron chi connectivity index (χ0n) is 59.4. The molecule has 25 heteroatoms. The molecule has 2 saturated heterocycles. The van der Waals surface area contributed by atoms with Crippen molar-refractivity contribution in [2.24, 2.45) is 0 Å². The van der Waals surface area contributed by atoms with Crippen molar-refractivity contribution in [2.75, 3.05) is 34.5 Å². The monoisotopic (exact) mass is 1500 g/mol. The van der Waals surface area contributed by atoms with Gasteiger partial charge in [0.1, 0.15) is 47.9 Å². The first kappa shape index (κ1) is 75.3. The van der Waals surface area contributed by atoms with Crippen molar-refractivity contribution in [1.82, 2.24) is 0 Å². The summed E-state index contributed by atoms with van der Waals surface area (Å²) in [6.45, 7) is -1.36. The highest BCUT2D eigenvalue weighted by Crippen LogP contribution is 2.43. The van der Waals surface area contributed by atoms with E-state index >= 15 is 4.79 Å². The van der Waals surface area contributed by atoms with Crippen molar-refractivity contribution in [3.8, 4) is 40.1 Å². The van der Waals surface area contributed by atoms with Crippen LogP contribution in [0.25, 0.3) is 22.3 Å². The molecule has 0 radical (unpaired) electrons. The van der Waals surface area contributed by atoms with Gasteiger partial charge in [-0.05, 0) is 115 Å². The van der Waals surface area contributed by atoms with Crippen LogP contribution in [0.5, 0.6) is 28.7 Å². The number of benzene rings is 10. The second kappa shape index (κ2) is 35.2. The molecule has 4 unspecified atom stereocenters. The van der Waals surface area contributed by atoms with Crippen molar-refractivity contribution >= 4 is 58.7 Å². The maximum absolute atomic E-state index is 15.1. The standard InChI is InChI=1S/C86H68O25/c1-96-62-46-59(44-45-61(62)103-86-76(111-84(95)58-42-26-11-27-43-58)74(109-82(93)56-38-22-9-23-39-56)71(107-80(91)54-34-18-7-19-35-54)66(105-86)50-100-78(89)52-30-14-5-15-31-52)69-72(98-3)68(87)67-63(97-2)47-60(48-64(67)102-69)101-85-75(110-83(94)57-40-24-10-25-41-57)73(108-81(92)55-36-20-8-21-37-55)70(106-79(90)53-32-16-6-17-33-53)65(104-85)49-99-77(88)51-28-12-4-13-29-51/h4-48,65-66,70-71,73-76,85-86H,49-50H2,1-3H3/t65?,66?,70-,71-,73?,74+,75+,76?,85-,86-/m1/s1. The molecule has 0 spiro atoms. The SMILES string of the molecule is COc1cc(-c2oc3cc(O[C@@H]4OC(COC(=O)c5ccccc5)[C@@H](OC(=O)c5ccccc5)C(OC(=O)c5ccccc5)[C@@H]4OC(=O)c4ccccc4)cc(OC)c3c(=O)c2OC)ccc1O[C@@H]1OC(COC(=O)c2ccccc2)[C@@H](OC(=O)c2ccccc2)[C@H](OC(=O)c2ccccc2)C1OC(=O)c1ccccc1. The number of hydrogen-bond donors (Lipinski definition) is 0. The Hall–Kier alpha value is -13.9. The van der Waals surface area contributed by atoms with Gasteiger partial charge >= 0.3 is 47.8 Å². The van der Waals surface area contributed by atoms with Gasteiger partial charge in [0.05, 0.1) is 65.8 Å². The first-order chi connectivity index (χ1) is 54.1. The van der Waals surface area contributed by atoms with Crippen LogP contribution in [0.3, 0.4) is 0 Å². The van der Waals surface area contributed by atoms with E-state index in [-0.39, 0.29) is 95.5 Å². The number of rotatable bonds is 26. The maximum Gasteiger partial charge on any atom is 0.338 e. The Balaban J connectivity index is 0.888. The highest BCUT2D eigenvalue weighted by molar-refractivity contribution is 5.94. The molecule has 0 aliphatic carbocycles. The predicted octanol–water partition coefficient (Wildman–Crippen LogP) is 12.8. The summed E-state index contributed by atoms with van der Waals surface area (Å²) in [6.07, 6.45) is -17.7. The summed E-state index contributed by atoms with van der Waals surface area (Å²) in [6, 6.07) is 69.6. The van der Waals surface area contributed by atoms with E-state index in [0.29, 0.717) is 0 Å². The van der Waals surface area contributed by atoms with E-state index in [0.717, 1.165) is 0 Å². The number of fused-ring (bicyclic) bond motifs is 1. The largest absolute Gasteiger partial charge is 0.496 e. The highest BCUT2D eigenvalue weighted by atomic mass is 16.8. The fourth-order valence-corrected chi connectivity index (χ4v) is 12.3. The third-order valence-electron chi connectivity index (χ3n) is 17.7. The summed E-state index contributed by atoms with van der Waals surface area (Å²) in [7, 11) is 3.78. The van der Waals surface area contributed by atoms with Crippen LogP contribution in [0.2, 0.25) is 0 Å². The number of ether oxygens (including phenoxy) is 15. The molecule has 0 amide bonds. The number of carbonyl (C=O) groups excluding carboxylic acids is 8. The molecular formula is C86H68O25. The van der Waals surface area contributed by atoms with Crippen LogP contribution < -0.4 is 29.1 Å². The van der Waals surface area contributed by atoms with Gasteiger partial charge in [-0.15, -0.1) is 0 Å². The molecule has 2 fully saturated rings. The third kappa shape index (κ3) is 17.7. The number of carbonyl (C=O) groups is 8. The lowest BCUT2D eigenvalue weighted by Gasteiger charge is -2.44. The highest BCUT2D eigenvalue weighted by Gasteiger charge is 2.56. The Morgan fingerprint density at radius 2 is 0.631 bits per heavy atom. The average Bonchev–Trinajstić information content (AvgIpc) is 0.816. The molecule has 13 rings (SSSR count). The van der Waals surface area contributed by atoms with Gasteiger partial charge in [-0.3, -0.25) is 4.79 Å². The fourth-order valence-electron chi connectivity index (χ4n) is 12.3. The minimum atomic E-state index is -1.89. The molecule has 25 nitrogen and oxygen atoms in total. The van der Waals surface area contributed by atoms with Crippen molar-refractivity contribution in [3.05, 3.63) is 328 Å². The molecule has 2 aliphatic rings. The van der Waals surface area contributed by atoms with Crippen LogP contribution in [-0.2, 0) is 47.4 Å². The molecule has 0 bridgehead atoms. The van der Waals surface area contributed by atoms with Crippen LogP contribution >= 0.6 is 0 Å². The van der Waals surface area contributed by atoms with Crippen molar-refractivity contribution in [3.63, 3.8) is 0 Å². The second-order valence-electron chi connectivity index (χ2n) is 24.8. The molecule has 2 aliphatic heterocycles. The Bertz CT molecular complexity index is 5170. The summed E-state index contributed by atoms with van der Waals surface area (Å²) in [5.41, 5.74) is -0.314. The van der Waals surface area contributed by atoms with E-state index in [1.54, 1.807) is 146 Å². The van der Waals surface area contributed by atoms with Gasteiger partial charge in [-0.2, -0.15) is 0 Å². The zero-order chi connectivity index (χ0) is 77.3. The van der Waals surface area contributed by atoms with Crippen molar-refractivity contribution < 1.29 is 114 Å². The summed E-state index contributed by atoms with van der Waals surface area (Å²) in [5.74, 6) is -8.52. The van der Waals surface area contributed by atoms with Crippen LogP contribution in [0, 0.1) is 0 Å². The van der Waals surface area contributed by atoms with Gasteiger partial charge in [0, 0.05) is 17.7 Å². The van der Waals surface area contributed by atoms with E-state index in [2.05, 4.69) is 0 Å². The lowest BCUT2D eigenvalue weighted by Crippen LogP contribution is -2.63. The van der Waals surface area contributed by atoms with Crippen molar-refractivity contribution in [2.45, 2.75) is 61.4 Å². The normalized spacial score (nSPS) is 19.1. The Morgan fingerprint density at radius 3 is 0.964 bits per heavy atom. The van der Waals surface area contributed by atoms with Crippen LogP contribution in [0.15, 0.2) is 282 Å². The quantitative estimate of drug-likeness (QED) is 0.0359. The van der Waals surface area contributed by atoms with Crippen LogP contribution in [-0.4, -0.2) is 144 Å². The van der Waals surface area contributed by atoms with E-state index < -0.39 is 128 Å². The number of methoxy groups -OCH3 is 3. The maximum atomic E-state index is 15.1. The van der Waals surface area contributed by atoms with Gasteiger partial charge < -0.3 is 75.5 Å². The van der Waals surface area contributed by atoms with Gasteiger partial charge in [-0.1, -0.05) is 146 Å². The molecule has 0 saturated carbocycles. The number of esters is 8. The average molecular weight is 1500 g/mol. The summed E-state index contributed by atoms with van der Waals surface area (Å²) in [4.78, 5) is 129. The predicted molar refractivity (Wildman–Crippen MR) is 393 cm³/mol. The Kier molecular flexibility index (Phi) is 23.9. The Labute approximate surface area is 633 Å². The molecule has 10 atom stereocenters. The van der Waals surface area contributed by atoms with Crippen LogP contribution in [0.4, 0.5) is 0 Å². The van der Waals surface area contributed by atoms with Gasteiger partial charge in [-0.25, -0.2) is 38.4 Å². The molecule has 10 aromatic carbocycles. The van der Waals surface area contributed by atoms with Gasteiger partial charge in [0.15, 0.2) is 41.7 Å². The van der Waals surface area contributed by atoms with E-state index in [9.17, 15) is 38.4 Å². The molecule has 11 aromatic rings. The second-order valence-corrected chi connectivity index (χ2v) is 24.8. The van der Waals surface area contributed by atoms with E-state index in [1.165, 1.54) is 149 Å². The zero-order valence-corrected chi connectivity index (χ0v) is 59.4.